The van der Waals surface area contributed by atoms with Gasteiger partial charge in [-0.3, -0.25) is 4.79 Å². The zero-order valence-electron chi connectivity index (χ0n) is 5.06. The van der Waals surface area contributed by atoms with E-state index in [2.05, 4.69) is 0 Å². The number of carbonyl (C=O) groups excluding carboxylic acids is 1. The minimum atomic E-state index is -0.333. The molecule has 6 heteroatoms. The van der Waals surface area contributed by atoms with Crippen LogP contribution in [0, 0.1) is 0 Å². The number of aliphatic hydroxyl groups excluding tert-OH is 1. The smallest absolute Gasteiger partial charge is 0.155 e. The molecule has 0 saturated heterocycles. The van der Waals surface area contributed by atoms with Crippen molar-refractivity contribution in [3.63, 3.8) is 0 Å². The highest BCUT2D eigenvalue weighted by atomic mass is 16.3. The SMILES string of the molecule is CC(=O)CO.O.O.O.O. The highest BCUT2D eigenvalue weighted by Crippen LogP contribution is 1.55. The minimum absolute atomic E-state index is 0. The van der Waals surface area contributed by atoms with Crippen molar-refractivity contribution >= 4 is 5.78 Å². The Bertz CT molecular complexity index is 43.6. The van der Waals surface area contributed by atoms with Crippen LogP contribution < -0.4 is 0 Å². The van der Waals surface area contributed by atoms with Gasteiger partial charge in [-0.15, -0.1) is 0 Å². The van der Waals surface area contributed by atoms with Crippen LogP contribution in [0.2, 0.25) is 0 Å². The van der Waals surface area contributed by atoms with Gasteiger partial charge in [0.2, 0.25) is 0 Å². The van der Waals surface area contributed by atoms with E-state index in [-0.39, 0.29) is 34.3 Å². The van der Waals surface area contributed by atoms with Crippen molar-refractivity contribution in [3.05, 3.63) is 0 Å². The first kappa shape index (κ1) is 39.3. The molecule has 0 amide bonds. The van der Waals surface area contributed by atoms with Gasteiger partial charge in [-0.2, -0.15) is 0 Å². The number of hydrogen-bond acceptors (Lipinski definition) is 2. The molecule has 0 unspecified atom stereocenters. The standard InChI is InChI=1S/C3H6O2.4H2O/c1-3(5)2-4;;;;/h4H,2H2,1H3;4*1H2. The summed E-state index contributed by atoms with van der Waals surface area (Å²) in [6.45, 7) is 1.000. The second-order valence-corrected chi connectivity index (χ2v) is 0.860. The molecule has 0 spiro atoms. The fourth-order valence-electron chi connectivity index (χ4n) is 0. The third-order valence-electron chi connectivity index (χ3n) is 0.223. The molecule has 0 heterocycles. The fourth-order valence-corrected chi connectivity index (χ4v) is 0. The van der Waals surface area contributed by atoms with Gasteiger partial charge in [-0.05, 0) is 6.92 Å². The molecule has 0 aliphatic carbocycles. The first-order valence-corrected chi connectivity index (χ1v) is 1.37. The third-order valence-corrected chi connectivity index (χ3v) is 0.223. The fraction of sp³-hybridized carbons (Fsp3) is 0.667. The molecule has 0 radical (unpaired) electrons. The van der Waals surface area contributed by atoms with Gasteiger partial charge in [0.15, 0.2) is 5.78 Å². The van der Waals surface area contributed by atoms with E-state index in [1.54, 1.807) is 0 Å². The van der Waals surface area contributed by atoms with Crippen molar-refractivity contribution in [2.45, 2.75) is 6.92 Å². The summed E-state index contributed by atoms with van der Waals surface area (Å²) < 4.78 is 0. The van der Waals surface area contributed by atoms with Crippen LogP contribution in [0.5, 0.6) is 0 Å². The van der Waals surface area contributed by atoms with Gasteiger partial charge in [0, 0.05) is 0 Å². The van der Waals surface area contributed by atoms with Gasteiger partial charge >= 0.3 is 0 Å². The van der Waals surface area contributed by atoms with Gasteiger partial charge in [0.25, 0.3) is 0 Å². The van der Waals surface area contributed by atoms with E-state index in [1.807, 2.05) is 0 Å². The largest absolute Gasteiger partial charge is 0.412 e. The summed E-state index contributed by atoms with van der Waals surface area (Å²) in [6.07, 6.45) is 0. The zero-order valence-corrected chi connectivity index (χ0v) is 5.06. The Balaban J connectivity index is -0.0000000133. The van der Waals surface area contributed by atoms with Gasteiger partial charge < -0.3 is 27.0 Å². The lowest BCUT2D eigenvalue weighted by Gasteiger charge is -1.72. The Labute approximate surface area is 52.3 Å². The number of aliphatic hydroxyl groups is 1. The van der Waals surface area contributed by atoms with Crippen molar-refractivity contribution in [2.75, 3.05) is 6.61 Å². The van der Waals surface area contributed by atoms with Crippen LogP contribution in [0.25, 0.3) is 0 Å². The number of ketones is 1. The van der Waals surface area contributed by atoms with E-state index < -0.39 is 0 Å². The van der Waals surface area contributed by atoms with Crippen LogP contribution in [0.4, 0.5) is 0 Å². The van der Waals surface area contributed by atoms with Gasteiger partial charge in [-0.1, -0.05) is 0 Å². The van der Waals surface area contributed by atoms with E-state index in [9.17, 15) is 4.79 Å². The minimum Gasteiger partial charge on any atom is -0.412 e. The molecule has 0 saturated carbocycles. The average Bonchev–Trinajstić information content (AvgIpc) is 1.38. The summed E-state index contributed by atoms with van der Waals surface area (Å²) in [5.41, 5.74) is 0. The molecule has 9 N–H and O–H groups in total. The first-order valence-electron chi connectivity index (χ1n) is 1.37. The second-order valence-electron chi connectivity index (χ2n) is 0.860. The summed E-state index contributed by atoms with van der Waals surface area (Å²) in [5, 5.41) is 7.79. The normalized spacial score (nSPS) is 4.22. The van der Waals surface area contributed by atoms with Crippen molar-refractivity contribution in [3.8, 4) is 0 Å². The molecule has 0 aliphatic rings. The van der Waals surface area contributed by atoms with Gasteiger partial charge in [0.1, 0.15) is 6.61 Å². The summed E-state index contributed by atoms with van der Waals surface area (Å²) >= 11 is 0. The van der Waals surface area contributed by atoms with E-state index in [1.165, 1.54) is 6.92 Å². The molecule has 0 fully saturated rings. The summed E-state index contributed by atoms with van der Waals surface area (Å²) in [4.78, 5) is 9.56. The lowest BCUT2D eigenvalue weighted by atomic mass is 10.5. The van der Waals surface area contributed by atoms with E-state index >= 15 is 0 Å². The first-order chi connectivity index (χ1) is 2.27. The quantitative estimate of drug-likeness (QED) is 0.402. The average molecular weight is 146 g/mol. The van der Waals surface area contributed by atoms with Crippen LogP contribution in [-0.4, -0.2) is 39.4 Å². The molecular weight excluding hydrogens is 132 g/mol. The van der Waals surface area contributed by atoms with Crippen molar-refractivity contribution in [1.82, 2.24) is 0 Å². The second kappa shape index (κ2) is 26.0. The van der Waals surface area contributed by atoms with E-state index in [0.717, 1.165) is 0 Å². The number of rotatable bonds is 1. The van der Waals surface area contributed by atoms with Crippen LogP contribution in [-0.2, 0) is 4.79 Å². The van der Waals surface area contributed by atoms with E-state index in [4.69, 9.17) is 5.11 Å². The number of hydrogen-bond donors (Lipinski definition) is 1. The number of carbonyl (C=O) groups is 1. The van der Waals surface area contributed by atoms with Crippen molar-refractivity contribution in [1.29, 1.82) is 0 Å². The molecule has 62 valence electrons. The zero-order chi connectivity index (χ0) is 4.28. The molecule has 0 aliphatic heterocycles. The summed E-state index contributed by atoms with van der Waals surface area (Å²) in [5.74, 6) is -0.190. The van der Waals surface area contributed by atoms with E-state index in [0.29, 0.717) is 0 Å². The van der Waals surface area contributed by atoms with Crippen LogP contribution in [0.3, 0.4) is 0 Å². The topological polar surface area (TPSA) is 163 Å². The molecule has 0 aromatic rings. The van der Waals surface area contributed by atoms with Gasteiger partial charge in [-0.25, -0.2) is 0 Å². The highest BCUT2D eigenvalue weighted by molar-refractivity contribution is 5.76. The predicted molar refractivity (Wildman–Crippen MR) is 32.2 cm³/mol. The molecule has 9 heavy (non-hydrogen) atoms. The third kappa shape index (κ3) is 103. The molecule has 0 aromatic carbocycles. The Morgan fingerprint density at radius 3 is 1.33 bits per heavy atom. The Morgan fingerprint density at radius 2 is 1.33 bits per heavy atom. The maximum atomic E-state index is 9.56. The molecule has 0 rings (SSSR count). The summed E-state index contributed by atoms with van der Waals surface area (Å²) in [6, 6.07) is 0. The monoisotopic (exact) mass is 146 g/mol. The molecule has 0 bridgehead atoms. The molecule has 6 nitrogen and oxygen atoms in total. The lowest BCUT2D eigenvalue weighted by molar-refractivity contribution is -0.119. The van der Waals surface area contributed by atoms with Crippen LogP contribution in [0.15, 0.2) is 0 Å². The Hall–Kier alpha value is -0.530. The number of Topliss-reactive ketones (excluding diaryl/α,β-unsaturated/α-hetero) is 1. The Morgan fingerprint density at radius 1 is 1.22 bits per heavy atom. The van der Waals surface area contributed by atoms with Crippen molar-refractivity contribution in [2.24, 2.45) is 0 Å². The summed E-state index contributed by atoms with van der Waals surface area (Å²) in [7, 11) is 0. The van der Waals surface area contributed by atoms with Gasteiger partial charge in [0.05, 0.1) is 0 Å². The maximum absolute atomic E-state index is 9.56. The van der Waals surface area contributed by atoms with Crippen LogP contribution >= 0.6 is 0 Å². The predicted octanol–water partition coefficient (Wildman–Crippen LogP) is -3.73. The van der Waals surface area contributed by atoms with Crippen LogP contribution in [0.1, 0.15) is 6.92 Å². The molecule has 0 atom stereocenters. The highest BCUT2D eigenvalue weighted by Gasteiger charge is 1.78. The van der Waals surface area contributed by atoms with Crippen molar-refractivity contribution < 1.29 is 31.8 Å². The maximum Gasteiger partial charge on any atom is 0.155 e. The Kier molecular flexibility index (Phi) is 113. The molecule has 0 aromatic heterocycles. The lowest BCUT2D eigenvalue weighted by Crippen LogP contribution is -1.93. The molecular formula is C3H14O6.